The van der Waals surface area contributed by atoms with E-state index in [4.69, 9.17) is 0 Å². The number of thioether (sulfide) groups is 1. The second-order valence-electron chi connectivity index (χ2n) is 7.05. The molecular formula is C19H24N4OS. The van der Waals surface area contributed by atoms with E-state index < -0.39 is 0 Å². The van der Waals surface area contributed by atoms with Crippen molar-refractivity contribution in [3.05, 3.63) is 30.3 Å². The SMILES string of the molecule is O=C(CSc1n[nH]c(-c2ccccc2)n1)N1CCC2CCCCC2C1. The highest BCUT2D eigenvalue weighted by Gasteiger charge is 2.32. The maximum Gasteiger partial charge on any atom is 0.233 e. The van der Waals surface area contributed by atoms with Crippen molar-refractivity contribution >= 4 is 17.7 Å². The van der Waals surface area contributed by atoms with Gasteiger partial charge in [0.15, 0.2) is 5.82 Å². The van der Waals surface area contributed by atoms with E-state index in [-0.39, 0.29) is 5.91 Å². The van der Waals surface area contributed by atoms with E-state index in [0.717, 1.165) is 36.3 Å². The van der Waals surface area contributed by atoms with Gasteiger partial charge in [-0.25, -0.2) is 4.98 Å². The number of benzene rings is 1. The number of carbonyl (C=O) groups excluding carboxylic acids is 1. The highest BCUT2D eigenvalue weighted by Crippen LogP contribution is 2.36. The van der Waals surface area contributed by atoms with Crippen LogP contribution < -0.4 is 0 Å². The van der Waals surface area contributed by atoms with Crippen LogP contribution in [-0.4, -0.2) is 44.8 Å². The van der Waals surface area contributed by atoms with E-state index in [1.165, 1.54) is 43.9 Å². The van der Waals surface area contributed by atoms with Crippen LogP contribution in [0.2, 0.25) is 0 Å². The van der Waals surface area contributed by atoms with Gasteiger partial charge in [0.25, 0.3) is 0 Å². The van der Waals surface area contributed by atoms with E-state index in [2.05, 4.69) is 20.1 Å². The molecule has 132 valence electrons. The third-order valence-corrected chi connectivity index (χ3v) is 6.31. The first-order valence-corrected chi connectivity index (χ1v) is 10.2. The Bertz CT molecular complexity index is 717. The van der Waals surface area contributed by atoms with Crippen LogP contribution in [0.25, 0.3) is 11.4 Å². The largest absolute Gasteiger partial charge is 0.342 e. The van der Waals surface area contributed by atoms with Gasteiger partial charge in [-0.15, -0.1) is 5.10 Å². The predicted octanol–water partition coefficient (Wildman–Crippen LogP) is 3.60. The number of piperidine rings is 1. The average molecular weight is 356 g/mol. The third-order valence-electron chi connectivity index (χ3n) is 5.48. The molecule has 2 fully saturated rings. The molecule has 2 atom stereocenters. The summed E-state index contributed by atoms with van der Waals surface area (Å²) < 4.78 is 0. The molecule has 2 unspecified atom stereocenters. The summed E-state index contributed by atoms with van der Waals surface area (Å²) in [7, 11) is 0. The van der Waals surface area contributed by atoms with Gasteiger partial charge < -0.3 is 4.90 Å². The zero-order chi connectivity index (χ0) is 17.1. The molecular weight excluding hydrogens is 332 g/mol. The molecule has 0 radical (unpaired) electrons. The Morgan fingerprint density at radius 1 is 1.16 bits per heavy atom. The summed E-state index contributed by atoms with van der Waals surface area (Å²) in [6.07, 6.45) is 6.54. The van der Waals surface area contributed by atoms with Crippen molar-refractivity contribution in [2.75, 3.05) is 18.8 Å². The molecule has 1 saturated heterocycles. The predicted molar refractivity (Wildman–Crippen MR) is 99.2 cm³/mol. The van der Waals surface area contributed by atoms with Gasteiger partial charge in [-0.3, -0.25) is 9.89 Å². The molecule has 1 N–H and O–H groups in total. The van der Waals surface area contributed by atoms with Crippen LogP contribution in [0.4, 0.5) is 0 Å². The average Bonchev–Trinajstić information content (AvgIpc) is 3.15. The minimum atomic E-state index is 0.222. The van der Waals surface area contributed by atoms with Crippen molar-refractivity contribution in [2.45, 2.75) is 37.3 Å². The number of aromatic amines is 1. The van der Waals surface area contributed by atoms with Gasteiger partial charge in [0, 0.05) is 18.7 Å². The molecule has 1 aliphatic heterocycles. The summed E-state index contributed by atoms with van der Waals surface area (Å²) in [6, 6.07) is 9.92. The van der Waals surface area contributed by atoms with Gasteiger partial charge in [-0.2, -0.15) is 0 Å². The van der Waals surface area contributed by atoms with Crippen molar-refractivity contribution in [1.29, 1.82) is 0 Å². The topological polar surface area (TPSA) is 61.9 Å². The van der Waals surface area contributed by atoms with Gasteiger partial charge in [0.1, 0.15) is 0 Å². The molecule has 2 aromatic rings. The maximum atomic E-state index is 12.6. The van der Waals surface area contributed by atoms with E-state index in [1.807, 2.05) is 30.3 Å². The first-order chi connectivity index (χ1) is 12.3. The number of amides is 1. The lowest BCUT2D eigenvalue weighted by molar-refractivity contribution is -0.131. The molecule has 2 heterocycles. The zero-order valence-corrected chi connectivity index (χ0v) is 15.2. The Morgan fingerprint density at radius 2 is 1.96 bits per heavy atom. The fourth-order valence-corrected chi connectivity index (χ4v) is 4.78. The Balaban J connectivity index is 1.31. The molecule has 1 amide bonds. The molecule has 2 aliphatic rings. The summed E-state index contributed by atoms with van der Waals surface area (Å²) >= 11 is 1.42. The number of H-pyrrole nitrogens is 1. The molecule has 6 heteroatoms. The Hall–Kier alpha value is -1.82. The lowest BCUT2D eigenvalue weighted by atomic mass is 9.75. The Labute approximate surface area is 152 Å². The Morgan fingerprint density at radius 3 is 2.80 bits per heavy atom. The van der Waals surface area contributed by atoms with Crippen LogP contribution in [0, 0.1) is 11.8 Å². The van der Waals surface area contributed by atoms with Gasteiger partial charge in [0.2, 0.25) is 11.1 Å². The lowest BCUT2D eigenvalue weighted by Crippen LogP contribution is -2.45. The summed E-state index contributed by atoms with van der Waals surface area (Å²) in [4.78, 5) is 19.1. The van der Waals surface area contributed by atoms with E-state index in [1.54, 1.807) is 0 Å². The highest BCUT2D eigenvalue weighted by atomic mass is 32.2. The second kappa shape index (κ2) is 7.60. The van der Waals surface area contributed by atoms with Crippen LogP contribution >= 0.6 is 11.8 Å². The minimum Gasteiger partial charge on any atom is -0.342 e. The van der Waals surface area contributed by atoms with Crippen LogP contribution in [-0.2, 0) is 4.79 Å². The first-order valence-electron chi connectivity index (χ1n) is 9.18. The molecule has 25 heavy (non-hydrogen) atoms. The van der Waals surface area contributed by atoms with Crippen molar-refractivity contribution in [3.63, 3.8) is 0 Å². The number of nitrogens with zero attached hydrogens (tertiary/aromatic N) is 3. The molecule has 0 bridgehead atoms. The minimum absolute atomic E-state index is 0.222. The number of likely N-dealkylation sites (tertiary alicyclic amines) is 1. The first kappa shape index (κ1) is 16.6. The summed E-state index contributed by atoms with van der Waals surface area (Å²) in [5, 5.41) is 7.83. The van der Waals surface area contributed by atoms with E-state index >= 15 is 0 Å². The van der Waals surface area contributed by atoms with Crippen LogP contribution in [0.15, 0.2) is 35.5 Å². The number of rotatable bonds is 4. The molecule has 5 nitrogen and oxygen atoms in total. The lowest BCUT2D eigenvalue weighted by Gasteiger charge is -2.41. The highest BCUT2D eigenvalue weighted by molar-refractivity contribution is 7.99. The zero-order valence-electron chi connectivity index (χ0n) is 14.4. The number of hydrogen-bond acceptors (Lipinski definition) is 4. The fourth-order valence-electron chi connectivity index (χ4n) is 4.08. The second-order valence-corrected chi connectivity index (χ2v) is 8.00. The fraction of sp³-hybridized carbons (Fsp3) is 0.526. The standard InChI is InChI=1S/C19H24N4OS/c24-17(23-11-10-14-6-4-5-9-16(14)12-23)13-25-19-20-18(21-22-19)15-7-2-1-3-8-15/h1-3,7-8,14,16H,4-6,9-13H2,(H,20,21,22). The number of aromatic nitrogens is 3. The van der Waals surface area contributed by atoms with Crippen LogP contribution in [0.5, 0.6) is 0 Å². The van der Waals surface area contributed by atoms with Crippen molar-refractivity contribution < 1.29 is 4.79 Å². The molecule has 1 saturated carbocycles. The molecule has 4 rings (SSSR count). The number of carbonyl (C=O) groups is 1. The molecule has 1 aromatic heterocycles. The molecule has 1 aliphatic carbocycles. The number of hydrogen-bond donors (Lipinski definition) is 1. The number of fused-ring (bicyclic) bond motifs is 1. The third kappa shape index (κ3) is 3.89. The van der Waals surface area contributed by atoms with Crippen molar-refractivity contribution in [1.82, 2.24) is 20.1 Å². The van der Waals surface area contributed by atoms with Crippen LogP contribution in [0.3, 0.4) is 0 Å². The maximum absolute atomic E-state index is 12.6. The monoisotopic (exact) mass is 356 g/mol. The van der Waals surface area contributed by atoms with Crippen molar-refractivity contribution in [3.8, 4) is 11.4 Å². The van der Waals surface area contributed by atoms with Gasteiger partial charge in [-0.05, 0) is 24.7 Å². The van der Waals surface area contributed by atoms with Gasteiger partial charge >= 0.3 is 0 Å². The normalized spacial score (nSPS) is 23.3. The van der Waals surface area contributed by atoms with Crippen molar-refractivity contribution in [2.24, 2.45) is 11.8 Å². The smallest absolute Gasteiger partial charge is 0.233 e. The van der Waals surface area contributed by atoms with E-state index in [0.29, 0.717) is 10.9 Å². The summed E-state index contributed by atoms with van der Waals surface area (Å²) in [6.45, 7) is 1.87. The summed E-state index contributed by atoms with van der Waals surface area (Å²) in [5.74, 6) is 2.97. The summed E-state index contributed by atoms with van der Waals surface area (Å²) in [5.41, 5.74) is 1.01. The Kier molecular flexibility index (Phi) is 5.06. The van der Waals surface area contributed by atoms with E-state index in [9.17, 15) is 4.79 Å². The quantitative estimate of drug-likeness (QED) is 0.850. The van der Waals surface area contributed by atoms with Gasteiger partial charge in [-0.1, -0.05) is 61.4 Å². The van der Waals surface area contributed by atoms with Gasteiger partial charge in [0.05, 0.1) is 5.75 Å². The number of nitrogens with one attached hydrogen (secondary N) is 1. The molecule has 0 spiro atoms. The van der Waals surface area contributed by atoms with Crippen LogP contribution in [0.1, 0.15) is 32.1 Å². The molecule has 1 aromatic carbocycles.